The Kier molecular flexibility index (Phi) is 8.24. The molecule has 0 aliphatic carbocycles. The first-order valence-corrected chi connectivity index (χ1v) is 7.40. The number of hydrogen-bond acceptors (Lipinski definition) is 12. The van der Waals surface area contributed by atoms with Crippen LogP contribution in [-0.2, 0) is 23.8 Å². The van der Waals surface area contributed by atoms with E-state index in [1.165, 1.54) is 0 Å². The van der Waals surface area contributed by atoms with Gasteiger partial charge in [-0.15, -0.1) is 0 Å². The van der Waals surface area contributed by atoms with Gasteiger partial charge in [-0.3, -0.25) is 29.8 Å². The molecule has 26 heavy (non-hydrogen) atoms. The second kappa shape index (κ2) is 9.91. The Morgan fingerprint density at radius 2 is 1.46 bits per heavy atom. The fourth-order valence-corrected chi connectivity index (χ4v) is 1.95. The van der Waals surface area contributed by atoms with E-state index in [9.17, 15) is 45.1 Å². The summed E-state index contributed by atoms with van der Waals surface area (Å²) in [7, 11) is 0. The summed E-state index contributed by atoms with van der Waals surface area (Å²) in [5.74, 6) is -2.05. The van der Waals surface area contributed by atoms with Crippen LogP contribution in [0, 0.1) is 20.2 Å². The smallest absolute Gasteiger partial charge is 0.314 e. The summed E-state index contributed by atoms with van der Waals surface area (Å²) < 4.78 is 14.4. The van der Waals surface area contributed by atoms with Crippen molar-refractivity contribution in [3.05, 3.63) is 20.2 Å². The van der Waals surface area contributed by atoms with Gasteiger partial charge in [0.05, 0.1) is 0 Å². The minimum atomic E-state index is -1.84. The van der Waals surface area contributed by atoms with Crippen LogP contribution in [0.15, 0.2) is 0 Å². The van der Waals surface area contributed by atoms with Crippen LogP contribution in [0.25, 0.3) is 0 Å². The molecule has 1 rings (SSSR count). The Hall–Kier alpha value is -2.42. The molecule has 0 aromatic rings. The average molecular weight is 382 g/mol. The lowest BCUT2D eigenvalue weighted by Gasteiger charge is -2.39. The Balaban J connectivity index is 2.58. The molecule has 14 nitrogen and oxygen atoms in total. The first-order valence-electron chi connectivity index (χ1n) is 7.40. The van der Waals surface area contributed by atoms with Crippen LogP contribution in [0.3, 0.4) is 0 Å². The summed E-state index contributed by atoms with van der Waals surface area (Å²) in [5.41, 5.74) is 0. The van der Waals surface area contributed by atoms with Gasteiger partial charge in [-0.2, -0.15) is 0 Å². The quantitative estimate of drug-likeness (QED) is 0.210. The van der Waals surface area contributed by atoms with E-state index in [1.54, 1.807) is 0 Å². The van der Waals surface area contributed by atoms with Crippen LogP contribution in [0.2, 0.25) is 0 Å². The normalized spacial score (nSPS) is 28.2. The summed E-state index contributed by atoms with van der Waals surface area (Å²) >= 11 is 0. The van der Waals surface area contributed by atoms with E-state index in [2.05, 4.69) is 9.47 Å². The van der Waals surface area contributed by atoms with E-state index in [4.69, 9.17) is 4.74 Å². The van der Waals surface area contributed by atoms with Gasteiger partial charge in [0.1, 0.15) is 43.9 Å². The zero-order chi connectivity index (χ0) is 19.9. The minimum absolute atomic E-state index is 0.527. The highest BCUT2D eigenvalue weighted by atomic mass is 16.7. The number of ether oxygens (including phenoxy) is 3. The molecule has 1 heterocycles. The highest BCUT2D eigenvalue weighted by Crippen LogP contribution is 2.23. The number of aliphatic hydroxyl groups is 3. The molecular formula is C12H18N2O12. The summed E-state index contributed by atoms with van der Waals surface area (Å²) in [5, 5.41) is 49.7. The van der Waals surface area contributed by atoms with Crippen molar-refractivity contribution in [1.82, 2.24) is 0 Å². The van der Waals surface area contributed by atoms with Crippen LogP contribution in [-0.4, -0.2) is 87.5 Å². The number of aliphatic hydroxyl groups excluding tert-OH is 3. The second-order valence-electron chi connectivity index (χ2n) is 5.30. The van der Waals surface area contributed by atoms with Gasteiger partial charge in [0, 0.05) is 9.85 Å². The lowest BCUT2D eigenvalue weighted by atomic mass is 9.99. The van der Waals surface area contributed by atoms with Gasteiger partial charge in [-0.1, -0.05) is 0 Å². The number of carbonyl (C=O) groups excluding carboxylic acids is 2. The zero-order valence-electron chi connectivity index (χ0n) is 13.3. The molecule has 14 heteroatoms. The Labute approximate surface area is 145 Å². The third kappa shape index (κ3) is 6.83. The monoisotopic (exact) mass is 382 g/mol. The van der Waals surface area contributed by atoms with Gasteiger partial charge < -0.3 is 29.5 Å². The molecule has 5 atom stereocenters. The molecular weight excluding hydrogens is 364 g/mol. The molecule has 0 radical (unpaired) electrons. The predicted octanol–water partition coefficient (Wildman–Crippen LogP) is -2.79. The van der Waals surface area contributed by atoms with Crippen molar-refractivity contribution in [3.63, 3.8) is 0 Å². The molecule has 1 aliphatic heterocycles. The number of nitrogens with zero attached hydrogens (tertiary/aromatic N) is 2. The van der Waals surface area contributed by atoms with E-state index >= 15 is 0 Å². The summed E-state index contributed by atoms with van der Waals surface area (Å²) in [4.78, 5) is 41.7. The van der Waals surface area contributed by atoms with E-state index in [-0.39, 0.29) is 0 Å². The fraction of sp³-hybridized carbons (Fsp3) is 0.833. The van der Waals surface area contributed by atoms with Crippen molar-refractivity contribution in [3.8, 4) is 0 Å². The molecule has 0 aromatic heterocycles. The third-order valence-corrected chi connectivity index (χ3v) is 3.32. The number of nitro groups is 2. The van der Waals surface area contributed by atoms with Crippen LogP contribution < -0.4 is 0 Å². The van der Waals surface area contributed by atoms with Crippen molar-refractivity contribution >= 4 is 11.9 Å². The largest absolute Gasteiger partial charge is 0.463 e. The summed E-state index contributed by atoms with van der Waals surface area (Å²) in [6, 6.07) is 0. The Morgan fingerprint density at radius 1 is 0.923 bits per heavy atom. The van der Waals surface area contributed by atoms with Crippen molar-refractivity contribution in [1.29, 1.82) is 0 Å². The van der Waals surface area contributed by atoms with Crippen molar-refractivity contribution in [2.45, 2.75) is 43.5 Å². The van der Waals surface area contributed by atoms with E-state index in [0.29, 0.717) is 0 Å². The van der Waals surface area contributed by atoms with E-state index in [1.807, 2.05) is 0 Å². The van der Waals surface area contributed by atoms with Crippen LogP contribution >= 0.6 is 0 Å². The maximum Gasteiger partial charge on any atom is 0.314 e. The summed E-state index contributed by atoms with van der Waals surface area (Å²) in [6.07, 6.45) is -9.66. The molecule has 0 amide bonds. The molecule has 0 saturated carbocycles. The van der Waals surface area contributed by atoms with Crippen LogP contribution in [0.4, 0.5) is 0 Å². The predicted molar refractivity (Wildman–Crippen MR) is 76.7 cm³/mol. The molecule has 1 fully saturated rings. The number of esters is 2. The summed E-state index contributed by atoms with van der Waals surface area (Å²) in [6.45, 7) is -2.01. The van der Waals surface area contributed by atoms with E-state index < -0.39 is 85.0 Å². The zero-order valence-corrected chi connectivity index (χ0v) is 13.3. The first kappa shape index (κ1) is 21.6. The van der Waals surface area contributed by atoms with Gasteiger partial charge in [0.25, 0.3) is 0 Å². The number of carbonyl (C=O) groups is 2. The Morgan fingerprint density at radius 3 is 2.00 bits per heavy atom. The second-order valence-corrected chi connectivity index (χ2v) is 5.30. The fourth-order valence-electron chi connectivity index (χ4n) is 1.95. The highest BCUT2D eigenvalue weighted by molar-refractivity contribution is 5.69. The first-order chi connectivity index (χ1) is 12.1. The van der Waals surface area contributed by atoms with E-state index in [0.717, 1.165) is 0 Å². The lowest BCUT2D eigenvalue weighted by Crippen LogP contribution is -2.59. The molecule has 0 spiro atoms. The van der Waals surface area contributed by atoms with Gasteiger partial charge in [0.2, 0.25) is 19.4 Å². The van der Waals surface area contributed by atoms with Gasteiger partial charge in [0.15, 0.2) is 0 Å². The molecule has 0 aromatic carbocycles. The number of hydrogen-bond donors (Lipinski definition) is 3. The molecule has 1 aliphatic rings. The number of rotatable bonds is 9. The molecule has 0 unspecified atom stereocenters. The topological polar surface area (TPSA) is 209 Å². The minimum Gasteiger partial charge on any atom is -0.463 e. The molecule has 1 saturated heterocycles. The van der Waals surface area contributed by atoms with Crippen molar-refractivity contribution in [2.75, 3.05) is 19.7 Å². The van der Waals surface area contributed by atoms with Gasteiger partial charge in [-0.25, -0.2) is 0 Å². The molecule has 148 valence electrons. The maximum absolute atomic E-state index is 11.5. The standard InChI is InChI=1S/C12H18N2O12/c15-7(1-3-13(20)21)24-5-6-9(17)10(18)11(19)12(25-6)26-8(16)2-4-14(22)23/h6,9-12,17-19H,1-5H2/t6-,9-,10+,11+,12+/m1/s1. The average Bonchev–Trinajstić information content (AvgIpc) is 2.57. The van der Waals surface area contributed by atoms with Crippen LogP contribution in [0.5, 0.6) is 0 Å². The molecule has 0 bridgehead atoms. The van der Waals surface area contributed by atoms with Crippen molar-refractivity contribution in [2.24, 2.45) is 0 Å². The Bertz CT molecular complexity index is 538. The third-order valence-electron chi connectivity index (χ3n) is 3.32. The SMILES string of the molecule is O=C(CC[N+](=O)[O-])OC[C@H]1O[C@@H](OC(=O)CC[N+](=O)[O-])[C@@H](O)[C@@H](O)[C@@H]1O. The lowest BCUT2D eigenvalue weighted by molar-refractivity contribution is -0.479. The van der Waals surface area contributed by atoms with Crippen LogP contribution in [0.1, 0.15) is 12.8 Å². The maximum atomic E-state index is 11.5. The van der Waals surface area contributed by atoms with Gasteiger partial charge in [-0.05, 0) is 0 Å². The van der Waals surface area contributed by atoms with Crippen molar-refractivity contribution < 1.29 is 49.0 Å². The van der Waals surface area contributed by atoms with Gasteiger partial charge >= 0.3 is 11.9 Å². The highest BCUT2D eigenvalue weighted by Gasteiger charge is 2.46. The molecule has 3 N–H and O–H groups in total.